The second kappa shape index (κ2) is 5.51. The molecule has 2 atom stereocenters. The van der Waals surface area contributed by atoms with Crippen molar-refractivity contribution in [3.05, 3.63) is 69.8 Å². The summed E-state index contributed by atoms with van der Waals surface area (Å²) in [5.41, 5.74) is 4.22. The zero-order valence-corrected chi connectivity index (χ0v) is 13.8. The second-order valence-corrected chi connectivity index (χ2v) is 6.63. The number of rotatable bonds is 2. The maximum atomic E-state index is 11.6. The number of aromatic nitrogens is 1. The van der Waals surface area contributed by atoms with Crippen LogP contribution in [0.15, 0.2) is 53.0 Å². The van der Waals surface area contributed by atoms with Crippen molar-refractivity contribution in [2.45, 2.75) is 18.5 Å². The summed E-state index contributed by atoms with van der Waals surface area (Å²) < 4.78 is 0.966. The van der Waals surface area contributed by atoms with E-state index in [1.807, 2.05) is 48.5 Å². The van der Waals surface area contributed by atoms with Crippen LogP contribution in [0.5, 0.6) is 0 Å². The van der Waals surface area contributed by atoms with Gasteiger partial charge in [-0.1, -0.05) is 52.3 Å². The molecule has 0 saturated heterocycles. The van der Waals surface area contributed by atoms with Crippen molar-refractivity contribution in [2.75, 3.05) is 0 Å². The SMILES string of the molecule is O=C(O)[C@@H]1Cc2c([nH]c3ccccc23)[C@H](c2ccccc2Br)N1. The number of H-pyrrole nitrogens is 1. The average Bonchev–Trinajstić information content (AvgIpc) is 2.93. The van der Waals surface area contributed by atoms with E-state index in [2.05, 4.69) is 26.2 Å². The normalized spacial score (nSPS) is 20.4. The minimum Gasteiger partial charge on any atom is -0.480 e. The Morgan fingerprint density at radius 3 is 2.65 bits per heavy atom. The molecule has 0 unspecified atom stereocenters. The molecule has 0 spiro atoms. The van der Waals surface area contributed by atoms with Crippen LogP contribution >= 0.6 is 15.9 Å². The number of aromatic amines is 1. The van der Waals surface area contributed by atoms with Crippen LogP contribution in [0.3, 0.4) is 0 Å². The monoisotopic (exact) mass is 370 g/mol. The number of carbonyl (C=O) groups is 1. The number of para-hydroxylation sites is 1. The summed E-state index contributed by atoms with van der Waals surface area (Å²) in [5, 5.41) is 13.9. The van der Waals surface area contributed by atoms with Gasteiger partial charge in [-0.25, -0.2) is 0 Å². The number of aliphatic carboxylic acids is 1. The molecule has 0 amide bonds. The molecule has 3 aromatic rings. The zero-order valence-electron chi connectivity index (χ0n) is 12.2. The highest BCUT2D eigenvalue weighted by atomic mass is 79.9. The molecular formula is C18H15BrN2O2. The van der Waals surface area contributed by atoms with Crippen LogP contribution in [0.1, 0.15) is 22.9 Å². The first-order valence-electron chi connectivity index (χ1n) is 7.48. The maximum Gasteiger partial charge on any atom is 0.321 e. The van der Waals surface area contributed by atoms with Crippen LogP contribution in [-0.2, 0) is 11.2 Å². The number of benzene rings is 2. The Bertz CT molecular complexity index is 903. The molecule has 1 aliphatic rings. The molecule has 4 nitrogen and oxygen atoms in total. The first-order chi connectivity index (χ1) is 11.1. The van der Waals surface area contributed by atoms with Crippen LogP contribution in [-0.4, -0.2) is 22.1 Å². The van der Waals surface area contributed by atoms with Crippen molar-refractivity contribution in [1.82, 2.24) is 10.3 Å². The third kappa shape index (κ3) is 2.36. The lowest BCUT2D eigenvalue weighted by atomic mass is 9.90. The van der Waals surface area contributed by atoms with Gasteiger partial charge in [0.15, 0.2) is 0 Å². The van der Waals surface area contributed by atoms with E-state index in [-0.39, 0.29) is 6.04 Å². The molecule has 2 aromatic carbocycles. The minimum atomic E-state index is -0.821. The van der Waals surface area contributed by atoms with Crippen LogP contribution in [0.4, 0.5) is 0 Å². The fourth-order valence-corrected chi connectivity index (χ4v) is 3.86. The van der Waals surface area contributed by atoms with Crippen LogP contribution in [0, 0.1) is 0 Å². The highest BCUT2D eigenvalue weighted by molar-refractivity contribution is 9.10. The van der Waals surface area contributed by atoms with Crippen LogP contribution in [0.25, 0.3) is 10.9 Å². The molecule has 0 radical (unpaired) electrons. The van der Waals surface area contributed by atoms with Gasteiger partial charge in [0.2, 0.25) is 0 Å². The summed E-state index contributed by atoms with van der Waals surface area (Å²) in [6.07, 6.45) is 0.482. The molecular weight excluding hydrogens is 356 g/mol. The van der Waals surface area contributed by atoms with E-state index >= 15 is 0 Å². The van der Waals surface area contributed by atoms with Crippen molar-refractivity contribution < 1.29 is 9.90 Å². The van der Waals surface area contributed by atoms with E-state index in [0.717, 1.165) is 32.2 Å². The number of fused-ring (bicyclic) bond motifs is 3. The van der Waals surface area contributed by atoms with Crippen LogP contribution < -0.4 is 5.32 Å². The van der Waals surface area contributed by atoms with Gasteiger partial charge in [-0.2, -0.15) is 0 Å². The van der Waals surface area contributed by atoms with Gasteiger partial charge in [0.25, 0.3) is 0 Å². The lowest BCUT2D eigenvalue weighted by molar-refractivity contribution is -0.139. The number of carboxylic acid groups (broad SMARTS) is 1. The van der Waals surface area contributed by atoms with Gasteiger partial charge in [-0.3, -0.25) is 10.1 Å². The Balaban J connectivity index is 1.93. The molecule has 0 saturated carbocycles. The van der Waals surface area contributed by atoms with Gasteiger partial charge < -0.3 is 10.1 Å². The molecule has 1 aliphatic heterocycles. The first-order valence-corrected chi connectivity index (χ1v) is 8.27. The Labute approximate surface area is 141 Å². The summed E-state index contributed by atoms with van der Waals surface area (Å²) in [6, 6.07) is 15.2. The number of hydrogen-bond acceptors (Lipinski definition) is 2. The topological polar surface area (TPSA) is 65.1 Å². The lowest BCUT2D eigenvalue weighted by Gasteiger charge is -2.30. The quantitative estimate of drug-likeness (QED) is 0.645. The molecule has 5 heteroatoms. The predicted octanol–water partition coefficient (Wildman–Crippen LogP) is 3.62. The first kappa shape index (κ1) is 14.5. The molecule has 2 heterocycles. The van der Waals surface area contributed by atoms with Crippen molar-refractivity contribution in [1.29, 1.82) is 0 Å². The summed E-state index contributed by atoms with van der Waals surface area (Å²) in [4.78, 5) is 15.1. The van der Waals surface area contributed by atoms with Crippen molar-refractivity contribution in [3.63, 3.8) is 0 Å². The third-order valence-corrected chi connectivity index (χ3v) is 5.15. The Morgan fingerprint density at radius 2 is 1.87 bits per heavy atom. The van der Waals surface area contributed by atoms with Gasteiger partial charge in [0.05, 0.1) is 6.04 Å². The van der Waals surface area contributed by atoms with E-state index in [1.165, 1.54) is 0 Å². The van der Waals surface area contributed by atoms with E-state index in [1.54, 1.807) is 0 Å². The van der Waals surface area contributed by atoms with Gasteiger partial charge in [0.1, 0.15) is 6.04 Å². The van der Waals surface area contributed by atoms with E-state index in [4.69, 9.17) is 0 Å². The molecule has 116 valence electrons. The molecule has 0 bridgehead atoms. The van der Waals surface area contributed by atoms with Gasteiger partial charge in [-0.05, 0) is 23.3 Å². The standard InChI is InChI=1S/C18H15BrN2O2/c19-13-7-3-1-6-11(13)16-17-12(9-15(21-16)18(22)23)10-5-2-4-8-14(10)20-17/h1-8,15-16,20-21H,9H2,(H,22,23)/t15-,16-/m0/s1. The van der Waals surface area contributed by atoms with Gasteiger partial charge >= 0.3 is 5.97 Å². The summed E-state index contributed by atoms with van der Waals surface area (Å²) in [6.45, 7) is 0. The molecule has 23 heavy (non-hydrogen) atoms. The molecule has 0 aliphatic carbocycles. The highest BCUT2D eigenvalue weighted by Crippen LogP contribution is 2.37. The van der Waals surface area contributed by atoms with Gasteiger partial charge in [-0.15, -0.1) is 0 Å². The lowest BCUT2D eigenvalue weighted by Crippen LogP contribution is -2.45. The van der Waals surface area contributed by atoms with E-state index < -0.39 is 12.0 Å². The third-order valence-electron chi connectivity index (χ3n) is 4.43. The second-order valence-electron chi connectivity index (χ2n) is 5.78. The van der Waals surface area contributed by atoms with Crippen LogP contribution in [0.2, 0.25) is 0 Å². The smallest absolute Gasteiger partial charge is 0.321 e. The number of halogens is 1. The summed E-state index contributed by atoms with van der Waals surface area (Å²) >= 11 is 3.58. The number of hydrogen-bond donors (Lipinski definition) is 3. The Hall–Kier alpha value is -2.11. The maximum absolute atomic E-state index is 11.6. The highest BCUT2D eigenvalue weighted by Gasteiger charge is 2.34. The predicted molar refractivity (Wildman–Crippen MR) is 92.5 cm³/mol. The Morgan fingerprint density at radius 1 is 1.13 bits per heavy atom. The minimum absolute atomic E-state index is 0.178. The summed E-state index contributed by atoms with van der Waals surface area (Å²) in [7, 11) is 0. The molecule has 4 rings (SSSR count). The average molecular weight is 371 g/mol. The largest absolute Gasteiger partial charge is 0.480 e. The Kier molecular flexibility index (Phi) is 3.47. The van der Waals surface area contributed by atoms with Crippen molar-refractivity contribution in [3.8, 4) is 0 Å². The van der Waals surface area contributed by atoms with Gasteiger partial charge in [0, 0.05) is 27.5 Å². The molecule has 3 N–H and O–H groups in total. The fraction of sp³-hybridized carbons (Fsp3) is 0.167. The fourth-order valence-electron chi connectivity index (χ4n) is 3.35. The van der Waals surface area contributed by atoms with Crippen molar-refractivity contribution >= 4 is 32.8 Å². The van der Waals surface area contributed by atoms with E-state index in [9.17, 15) is 9.90 Å². The number of carboxylic acids is 1. The van der Waals surface area contributed by atoms with E-state index in [0.29, 0.717) is 6.42 Å². The molecule has 0 fully saturated rings. The zero-order chi connectivity index (χ0) is 16.0. The van der Waals surface area contributed by atoms with Crippen molar-refractivity contribution in [2.24, 2.45) is 0 Å². The molecule has 1 aromatic heterocycles. The number of nitrogens with one attached hydrogen (secondary N) is 2. The summed E-state index contributed by atoms with van der Waals surface area (Å²) in [5.74, 6) is -0.821.